The molecule has 0 saturated heterocycles. The zero-order valence-electron chi connectivity index (χ0n) is 9.68. The van der Waals surface area contributed by atoms with Crippen molar-refractivity contribution in [3.63, 3.8) is 0 Å². The highest BCUT2D eigenvalue weighted by atomic mass is 16.5. The summed E-state index contributed by atoms with van der Waals surface area (Å²) in [7, 11) is 0. The van der Waals surface area contributed by atoms with E-state index in [1.165, 1.54) is 6.07 Å². The fraction of sp³-hybridized carbons (Fsp3) is 0.250. The van der Waals surface area contributed by atoms with Crippen LogP contribution in [0, 0.1) is 11.3 Å². The topological polar surface area (TPSA) is 105 Å². The summed E-state index contributed by atoms with van der Waals surface area (Å²) >= 11 is 0. The van der Waals surface area contributed by atoms with Gasteiger partial charge in [0.2, 0.25) is 0 Å². The number of hydrogen-bond donors (Lipinski definition) is 2. The van der Waals surface area contributed by atoms with Gasteiger partial charge in [-0.15, -0.1) is 0 Å². The van der Waals surface area contributed by atoms with E-state index in [2.05, 4.69) is 5.32 Å². The van der Waals surface area contributed by atoms with Crippen molar-refractivity contribution in [2.45, 2.75) is 6.42 Å². The molecule has 0 atom stereocenters. The molecule has 18 heavy (non-hydrogen) atoms. The number of para-hydroxylation sites is 1. The van der Waals surface area contributed by atoms with Crippen LogP contribution in [0.5, 0.6) is 0 Å². The van der Waals surface area contributed by atoms with E-state index < -0.39 is 18.5 Å². The largest absolute Gasteiger partial charge is 0.452 e. The van der Waals surface area contributed by atoms with Gasteiger partial charge in [0.1, 0.15) is 0 Å². The van der Waals surface area contributed by atoms with E-state index in [1.54, 1.807) is 18.2 Å². The quantitative estimate of drug-likeness (QED) is 0.446. The number of esters is 1. The highest BCUT2D eigenvalue weighted by molar-refractivity contribution is 5.96. The van der Waals surface area contributed by atoms with E-state index in [1.807, 2.05) is 6.07 Å². The number of ether oxygens (including phenoxy) is 1. The maximum Gasteiger partial charge on any atom is 0.340 e. The first-order valence-corrected chi connectivity index (χ1v) is 5.30. The molecule has 0 bridgehead atoms. The summed E-state index contributed by atoms with van der Waals surface area (Å²) in [4.78, 5) is 22.8. The monoisotopic (exact) mass is 247 g/mol. The second-order valence-electron chi connectivity index (χ2n) is 3.42. The van der Waals surface area contributed by atoms with Gasteiger partial charge in [0.15, 0.2) is 6.61 Å². The van der Waals surface area contributed by atoms with Crippen molar-refractivity contribution in [3.8, 4) is 6.07 Å². The normalized spacial score (nSPS) is 9.28. The molecule has 0 heterocycles. The number of nitriles is 1. The lowest BCUT2D eigenvalue weighted by Gasteiger charge is -2.06. The second kappa shape index (κ2) is 6.91. The summed E-state index contributed by atoms with van der Waals surface area (Å²) < 4.78 is 4.79. The van der Waals surface area contributed by atoms with Crippen molar-refractivity contribution in [2.24, 2.45) is 0 Å². The predicted octanol–water partition coefficient (Wildman–Crippen LogP) is 0.455. The summed E-state index contributed by atoms with van der Waals surface area (Å²) in [6.45, 7) is -0.154. The molecule has 0 spiro atoms. The standard InChI is InChI=1S/C12H13N3O3/c13-6-3-7-15-11(16)8-18-12(17)9-4-1-2-5-10(9)14/h1-2,4-5H,3,7-8,14H2,(H,15,16). The maximum atomic E-state index is 11.6. The second-order valence-corrected chi connectivity index (χ2v) is 3.42. The minimum atomic E-state index is -0.650. The van der Waals surface area contributed by atoms with Crippen LogP contribution in [0.25, 0.3) is 0 Å². The first-order chi connectivity index (χ1) is 8.65. The lowest BCUT2D eigenvalue weighted by molar-refractivity contribution is -0.124. The summed E-state index contributed by atoms with van der Waals surface area (Å²) in [5.74, 6) is -1.10. The molecule has 1 amide bonds. The van der Waals surface area contributed by atoms with Crippen molar-refractivity contribution < 1.29 is 14.3 Å². The first kappa shape index (κ1) is 13.5. The van der Waals surface area contributed by atoms with Gasteiger partial charge in [0, 0.05) is 12.2 Å². The Bertz CT molecular complexity index is 480. The van der Waals surface area contributed by atoms with Crippen molar-refractivity contribution in [2.75, 3.05) is 18.9 Å². The van der Waals surface area contributed by atoms with Gasteiger partial charge in [0.25, 0.3) is 5.91 Å². The highest BCUT2D eigenvalue weighted by Gasteiger charge is 2.12. The molecule has 0 unspecified atom stereocenters. The fourth-order valence-electron chi connectivity index (χ4n) is 1.20. The van der Waals surface area contributed by atoms with Crippen molar-refractivity contribution in [3.05, 3.63) is 29.8 Å². The van der Waals surface area contributed by atoms with Gasteiger partial charge in [-0.25, -0.2) is 4.79 Å². The SMILES string of the molecule is N#CCCNC(=O)COC(=O)c1ccccc1N. The van der Waals surface area contributed by atoms with E-state index in [0.717, 1.165) is 0 Å². The third-order valence-corrected chi connectivity index (χ3v) is 2.07. The van der Waals surface area contributed by atoms with Gasteiger partial charge in [-0.3, -0.25) is 4.79 Å². The Labute approximate surface area is 104 Å². The van der Waals surface area contributed by atoms with Crippen LogP contribution in [-0.4, -0.2) is 25.0 Å². The summed E-state index contributed by atoms with van der Waals surface area (Å²) in [5.41, 5.74) is 6.11. The zero-order chi connectivity index (χ0) is 13.4. The van der Waals surface area contributed by atoms with Crippen molar-refractivity contribution in [1.82, 2.24) is 5.32 Å². The molecule has 0 aliphatic rings. The highest BCUT2D eigenvalue weighted by Crippen LogP contribution is 2.11. The van der Waals surface area contributed by atoms with Gasteiger partial charge >= 0.3 is 5.97 Å². The Morgan fingerprint density at radius 3 is 2.78 bits per heavy atom. The van der Waals surface area contributed by atoms with Crippen LogP contribution in [0.15, 0.2) is 24.3 Å². The predicted molar refractivity (Wildman–Crippen MR) is 64.4 cm³/mol. The van der Waals surface area contributed by atoms with Gasteiger partial charge in [-0.05, 0) is 12.1 Å². The average molecular weight is 247 g/mol. The third kappa shape index (κ3) is 4.14. The summed E-state index contributed by atoms with van der Waals surface area (Å²) in [6.07, 6.45) is 0.214. The molecule has 1 aromatic carbocycles. The molecule has 0 saturated carbocycles. The van der Waals surface area contributed by atoms with Gasteiger partial charge in [0.05, 0.1) is 18.1 Å². The molecular weight excluding hydrogens is 234 g/mol. The molecule has 3 N–H and O–H groups in total. The molecule has 1 rings (SSSR count). The van der Waals surface area contributed by atoms with Crippen LogP contribution in [0.1, 0.15) is 16.8 Å². The lowest BCUT2D eigenvalue weighted by atomic mass is 10.2. The Balaban J connectivity index is 2.40. The van der Waals surface area contributed by atoms with Gasteiger partial charge in [-0.2, -0.15) is 5.26 Å². The van der Waals surface area contributed by atoms with Crippen LogP contribution in [0.4, 0.5) is 5.69 Å². The van der Waals surface area contributed by atoms with Crippen LogP contribution in [-0.2, 0) is 9.53 Å². The number of nitrogens with one attached hydrogen (secondary N) is 1. The number of nitrogens with zero attached hydrogens (tertiary/aromatic N) is 1. The first-order valence-electron chi connectivity index (χ1n) is 5.30. The molecule has 94 valence electrons. The molecule has 0 aromatic heterocycles. The number of anilines is 1. The maximum absolute atomic E-state index is 11.6. The Hall–Kier alpha value is -2.55. The Morgan fingerprint density at radius 1 is 1.39 bits per heavy atom. The minimum absolute atomic E-state index is 0.214. The third-order valence-electron chi connectivity index (χ3n) is 2.07. The van der Waals surface area contributed by atoms with E-state index in [-0.39, 0.29) is 18.5 Å². The van der Waals surface area contributed by atoms with Crippen LogP contribution < -0.4 is 11.1 Å². The molecule has 0 radical (unpaired) electrons. The minimum Gasteiger partial charge on any atom is -0.452 e. The van der Waals surface area contributed by atoms with E-state index in [9.17, 15) is 9.59 Å². The Morgan fingerprint density at radius 2 is 2.11 bits per heavy atom. The molecule has 0 fully saturated rings. The number of rotatable bonds is 5. The zero-order valence-corrected chi connectivity index (χ0v) is 9.68. The molecule has 6 heteroatoms. The number of nitrogens with two attached hydrogens (primary N) is 1. The number of nitrogen functional groups attached to an aromatic ring is 1. The molecular formula is C12H13N3O3. The van der Waals surface area contributed by atoms with E-state index >= 15 is 0 Å². The van der Waals surface area contributed by atoms with Crippen LogP contribution >= 0.6 is 0 Å². The van der Waals surface area contributed by atoms with Crippen LogP contribution in [0.3, 0.4) is 0 Å². The number of amides is 1. The molecule has 0 aliphatic heterocycles. The molecule has 1 aromatic rings. The number of hydrogen-bond acceptors (Lipinski definition) is 5. The number of carbonyl (C=O) groups is 2. The smallest absolute Gasteiger partial charge is 0.340 e. The fourth-order valence-corrected chi connectivity index (χ4v) is 1.20. The van der Waals surface area contributed by atoms with Gasteiger partial charge in [-0.1, -0.05) is 12.1 Å². The number of benzene rings is 1. The van der Waals surface area contributed by atoms with Crippen molar-refractivity contribution in [1.29, 1.82) is 5.26 Å². The molecule has 0 aliphatic carbocycles. The summed E-state index contributed by atoms with van der Waals surface area (Å²) in [6, 6.07) is 8.32. The van der Waals surface area contributed by atoms with E-state index in [4.69, 9.17) is 15.7 Å². The lowest BCUT2D eigenvalue weighted by Crippen LogP contribution is -2.29. The number of carbonyl (C=O) groups excluding carboxylic acids is 2. The van der Waals surface area contributed by atoms with E-state index in [0.29, 0.717) is 5.69 Å². The van der Waals surface area contributed by atoms with Crippen molar-refractivity contribution >= 4 is 17.6 Å². The van der Waals surface area contributed by atoms with Crippen LogP contribution in [0.2, 0.25) is 0 Å². The average Bonchev–Trinajstić information content (AvgIpc) is 2.37. The van der Waals surface area contributed by atoms with Gasteiger partial charge < -0.3 is 15.8 Å². The molecule has 6 nitrogen and oxygen atoms in total. The summed E-state index contributed by atoms with van der Waals surface area (Å²) in [5, 5.41) is 10.7. The Kier molecular flexibility index (Phi) is 5.19.